The third-order valence-electron chi connectivity index (χ3n) is 8.75. The standard InChI is InChI=1S/C32H55FO6/c1-4-5-14-24(2)28(38-31-17-10-12-21-36-31)20-19-26-25(15-8-6-7-9-16-30(34)35-3)27(33)23-29(26)39-32-18-11-13-22-37-32/h19-20,24-29,31-32H,4-18,21-23H2,1-3H3/b20-19+/t24?,25-,26-,27-,28-,29-,31?,32?/m1/s1. The zero-order valence-corrected chi connectivity index (χ0v) is 24.8. The summed E-state index contributed by atoms with van der Waals surface area (Å²) < 4.78 is 45.0. The lowest BCUT2D eigenvalue weighted by molar-refractivity contribution is -0.193. The third kappa shape index (κ3) is 11.4. The number of ether oxygens (including phenoxy) is 5. The Hall–Kier alpha value is -1.02. The van der Waals surface area contributed by atoms with Gasteiger partial charge in [0, 0.05) is 32.0 Å². The Morgan fingerprint density at radius 1 is 1.00 bits per heavy atom. The van der Waals surface area contributed by atoms with Gasteiger partial charge in [-0.15, -0.1) is 0 Å². The Labute approximate surface area is 236 Å². The lowest BCUT2D eigenvalue weighted by atomic mass is 9.87. The summed E-state index contributed by atoms with van der Waals surface area (Å²) >= 11 is 0. The van der Waals surface area contributed by atoms with Gasteiger partial charge in [-0.25, -0.2) is 4.39 Å². The molecule has 8 atom stereocenters. The maximum atomic E-state index is 15.5. The Morgan fingerprint density at radius 3 is 2.38 bits per heavy atom. The molecule has 0 aromatic carbocycles. The van der Waals surface area contributed by atoms with Crippen molar-refractivity contribution in [3.8, 4) is 0 Å². The molecule has 3 fully saturated rings. The van der Waals surface area contributed by atoms with E-state index in [1.165, 1.54) is 13.5 Å². The van der Waals surface area contributed by atoms with Gasteiger partial charge in [-0.2, -0.15) is 0 Å². The molecule has 3 unspecified atom stereocenters. The van der Waals surface area contributed by atoms with Gasteiger partial charge in [0.2, 0.25) is 0 Å². The Balaban J connectivity index is 1.66. The number of carbonyl (C=O) groups excluding carboxylic acids is 1. The van der Waals surface area contributed by atoms with E-state index < -0.39 is 6.17 Å². The zero-order valence-electron chi connectivity index (χ0n) is 24.8. The molecule has 0 amide bonds. The van der Waals surface area contributed by atoms with Crippen LogP contribution in [0.1, 0.15) is 117 Å². The van der Waals surface area contributed by atoms with E-state index in [1.807, 2.05) is 0 Å². The molecule has 2 aliphatic heterocycles. The van der Waals surface area contributed by atoms with Gasteiger partial charge in [-0.05, 0) is 69.6 Å². The predicted octanol–water partition coefficient (Wildman–Crippen LogP) is 7.68. The average molecular weight is 555 g/mol. The van der Waals surface area contributed by atoms with Crippen molar-refractivity contribution in [3.05, 3.63) is 12.2 Å². The molecule has 7 heteroatoms. The van der Waals surface area contributed by atoms with Crippen LogP contribution in [0.3, 0.4) is 0 Å². The first-order chi connectivity index (χ1) is 19.0. The molecule has 0 aromatic heterocycles. The normalized spacial score (nSPS) is 31.4. The fraction of sp³-hybridized carbons (Fsp3) is 0.906. The maximum Gasteiger partial charge on any atom is 0.305 e. The van der Waals surface area contributed by atoms with Crippen molar-refractivity contribution in [1.82, 2.24) is 0 Å². The Bertz CT molecular complexity index is 690. The SMILES string of the molecule is CCCCC(C)[C@@H](/C=C/[C@@H]1[C@@H](CCCCCCC(=O)OC)[C@H](F)C[C@H]1OC1CCCCO1)OC1CCCCO1. The second-order valence-electron chi connectivity index (χ2n) is 11.9. The Kier molecular flexibility index (Phi) is 15.3. The second kappa shape index (κ2) is 18.4. The molecule has 0 N–H and O–H groups in total. The summed E-state index contributed by atoms with van der Waals surface area (Å²) in [5, 5.41) is 0. The van der Waals surface area contributed by atoms with Crippen molar-refractivity contribution in [2.45, 2.75) is 148 Å². The van der Waals surface area contributed by atoms with Crippen molar-refractivity contribution in [1.29, 1.82) is 0 Å². The average Bonchev–Trinajstić information content (AvgIpc) is 3.25. The number of unbranched alkanes of at least 4 members (excludes halogenated alkanes) is 4. The lowest BCUT2D eigenvalue weighted by Crippen LogP contribution is -2.32. The molecule has 0 bridgehead atoms. The fourth-order valence-electron chi connectivity index (χ4n) is 6.27. The first-order valence-corrected chi connectivity index (χ1v) is 15.9. The smallest absolute Gasteiger partial charge is 0.305 e. The summed E-state index contributed by atoms with van der Waals surface area (Å²) in [6.07, 6.45) is 18.0. The minimum absolute atomic E-state index is 0.00246. The highest BCUT2D eigenvalue weighted by molar-refractivity contribution is 5.68. The molecular weight excluding hydrogens is 499 g/mol. The van der Waals surface area contributed by atoms with E-state index in [2.05, 4.69) is 26.0 Å². The molecule has 0 radical (unpaired) electrons. The molecular formula is C32H55FO6. The van der Waals surface area contributed by atoms with Crippen molar-refractivity contribution in [2.75, 3.05) is 20.3 Å². The molecule has 0 spiro atoms. The van der Waals surface area contributed by atoms with Crippen molar-refractivity contribution >= 4 is 5.97 Å². The van der Waals surface area contributed by atoms with Crippen LogP contribution in [0.15, 0.2) is 12.2 Å². The molecule has 39 heavy (non-hydrogen) atoms. The number of hydrogen-bond acceptors (Lipinski definition) is 6. The molecule has 6 nitrogen and oxygen atoms in total. The first kappa shape index (κ1) is 32.5. The van der Waals surface area contributed by atoms with Gasteiger partial charge >= 0.3 is 5.97 Å². The van der Waals surface area contributed by atoms with E-state index >= 15 is 4.39 Å². The van der Waals surface area contributed by atoms with Gasteiger partial charge in [0.05, 0.1) is 19.3 Å². The minimum atomic E-state index is -0.887. The summed E-state index contributed by atoms with van der Waals surface area (Å²) in [5.41, 5.74) is 0. The predicted molar refractivity (Wildman–Crippen MR) is 151 cm³/mol. The summed E-state index contributed by atoms with van der Waals surface area (Å²) in [7, 11) is 1.43. The molecule has 226 valence electrons. The topological polar surface area (TPSA) is 63.2 Å². The van der Waals surface area contributed by atoms with Crippen LogP contribution >= 0.6 is 0 Å². The summed E-state index contributed by atoms with van der Waals surface area (Å²) in [6, 6.07) is 0. The number of hydrogen-bond donors (Lipinski definition) is 0. The monoisotopic (exact) mass is 554 g/mol. The molecule has 0 aromatic rings. The van der Waals surface area contributed by atoms with E-state index in [0.29, 0.717) is 18.8 Å². The van der Waals surface area contributed by atoms with Crippen molar-refractivity contribution in [3.63, 3.8) is 0 Å². The van der Waals surface area contributed by atoms with Crippen LogP contribution in [0.25, 0.3) is 0 Å². The first-order valence-electron chi connectivity index (χ1n) is 15.9. The van der Waals surface area contributed by atoms with Crippen LogP contribution < -0.4 is 0 Å². The van der Waals surface area contributed by atoms with Gasteiger partial charge in [0.1, 0.15) is 6.17 Å². The Morgan fingerprint density at radius 2 is 1.72 bits per heavy atom. The van der Waals surface area contributed by atoms with E-state index in [-0.39, 0.29) is 42.6 Å². The minimum Gasteiger partial charge on any atom is -0.469 e. The lowest BCUT2D eigenvalue weighted by Gasteiger charge is -2.31. The van der Waals surface area contributed by atoms with Crippen molar-refractivity contribution in [2.24, 2.45) is 17.8 Å². The molecule has 2 saturated heterocycles. The summed E-state index contributed by atoms with van der Waals surface area (Å²) in [4.78, 5) is 11.4. The van der Waals surface area contributed by atoms with Crippen LogP contribution in [0, 0.1) is 17.8 Å². The summed E-state index contributed by atoms with van der Waals surface area (Å²) in [5.74, 6) is 0.127. The van der Waals surface area contributed by atoms with Crippen LogP contribution in [0.4, 0.5) is 4.39 Å². The van der Waals surface area contributed by atoms with Gasteiger partial charge in [0.25, 0.3) is 0 Å². The largest absolute Gasteiger partial charge is 0.469 e. The van der Waals surface area contributed by atoms with Crippen LogP contribution in [0.5, 0.6) is 0 Å². The van der Waals surface area contributed by atoms with Gasteiger partial charge < -0.3 is 23.7 Å². The molecule has 3 aliphatic rings. The number of halogens is 1. The zero-order chi connectivity index (χ0) is 27.9. The van der Waals surface area contributed by atoms with E-state index in [1.54, 1.807) is 0 Å². The van der Waals surface area contributed by atoms with E-state index in [4.69, 9.17) is 23.7 Å². The highest BCUT2D eigenvalue weighted by atomic mass is 19.1. The quantitative estimate of drug-likeness (QED) is 0.104. The fourth-order valence-corrected chi connectivity index (χ4v) is 6.27. The highest BCUT2D eigenvalue weighted by Crippen LogP contribution is 2.42. The van der Waals surface area contributed by atoms with Crippen molar-refractivity contribution < 1.29 is 32.9 Å². The molecule has 1 saturated carbocycles. The second-order valence-corrected chi connectivity index (χ2v) is 11.9. The summed E-state index contributed by atoms with van der Waals surface area (Å²) in [6.45, 7) is 5.96. The maximum absolute atomic E-state index is 15.5. The van der Waals surface area contributed by atoms with Gasteiger partial charge in [-0.3, -0.25) is 4.79 Å². The van der Waals surface area contributed by atoms with Gasteiger partial charge in [0.15, 0.2) is 12.6 Å². The molecule has 3 rings (SSSR count). The molecule has 2 heterocycles. The van der Waals surface area contributed by atoms with Crippen LogP contribution in [0.2, 0.25) is 0 Å². The number of esters is 1. The van der Waals surface area contributed by atoms with Crippen LogP contribution in [-0.2, 0) is 28.5 Å². The van der Waals surface area contributed by atoms with Gasteiger partial charge in [-0.1, -0.05) is 58.1 Å². The number of carbonyl (C=O) groups is 1. The van der Waals surface area contributed by atoms with Crippen LogP contribution in [-0.4, -0.2) is 57.3 Å². The third-order valence-corrected chi connectivity index (χ3v) is 8.75. The number of rotatable bonds is 17. The van der Waals surface area contributed by atoms with E-state index in [0.717, 1.165) is 96.7 Å². The highest BCUT2D eigenvalue weighted by Gasteiger charge is 2.44. The number of methoxy groups -OCH3 is 1. The number of alkyl halides is 1. The van der Waals surface area contributed by atoms with E-state index in [9.17, 15) is 4.79 Å². The molecule has 1 aliphatic carbocycles.